The van der Waals surface area contributed by atoms with E-state index in [1.807, 2.05) is 38.1 Å². The minimum atomic E-state index is -0.293. The molecule has 0 aromatic heterocycles. The van der Waals surface area contributed by atoms with Crippen molar-refractivity contribution in [3.8, 4) is 11.5 Å². The van der Waals surface area contributed by atoms with Crippen molar-refractivity contribution < 1.29 is 38.7 Å². The SMILES string of the molecule is Cc1cc(CC(CC(C)(C)C)C(=O)OCCOCCOCCOC(=O)C(Cc2ccc(O)c(C)c2)CC(C)(C)C)ccc1O. The fraction of sp³-hybridized carbons (Fsp3) is 0.611. The fourth-order valence-electron chi connectivity index (χ4n) is 5.17. The standard InChI is InChI=1S/C36H54O8/c1-25-19-27(9-11-31(25)37)21-29(23-35(3,4)5)33(39)43-17-15-41-13-14-42-16-18-44-34(40)30(24-36(6,7)8)22-28-10-12-32(38)26(2)20-28/h9-12,19-20,29-30,37-38H,13-18,21-24H2,1-8H3. The average Bonchev–Trinajstić information content (AvgIpc) is 2.91. The second-order valence-electron chi connectivity index (χ2n) is 14.1. The summed E-state index contributed by atoms with van der Waals surface area (Å²) in [4.78, 5) is 25.8. The summed E-state index contributed by atoms with van der Waals surface area (Å²) in [6.07, 6.45) is 2.45. The lowest BCUT2D eigenvalue weighted by Gasteiger charge is -2.25. The largest absolute Gasteiger partial charge is 0.508 e. The van der Waals surface area contributed by atoms with E-state index in [-0.39, 0.29) is 72.5 Å². The molecule has 2 rings (SSSR count). The van der Waals surface area contributed by atoms with Crippen LogP contribution in [0.1, 0.15) is 76.6 Å². The number of esters is 2. The third kappa shape index (κ3) is 14.6. The molecule has 2 N–H and O–H groups in total. The molecule has 8 nitrogen and oxygen atoms in total. The predicted molar refractivity (Wildman–Crippen MR) is 172 cm³/mol. The highest BCUT2D eigenvalue weighted by Crippen LogP contribution is 2.30. The number of aryl methyl sites for hydroxylation is 2. The molecule has 0 saturated heterocycles. The second-order valence-corrected chi connectivity index (χ2v) is 14.1. The Balaban J connectivity index is 1.67. The predicted octanol–water partition coefficient (Wildman–Crippen LogP) is 6.72. The first-order valence-corrected chi connectivity index (χ1v) is 15.6. The van der Waals surface area contributed by atoms with E-state index in [9.17, 15) is 19.8 Å². The summed E-state index contributed by atoms with van der Waals surface area (Å²) in [6, 6.07) is 10.8. The second kappa shape index (κ2) is 17.4. The van der Waals surface area contributed by atoms with Crippen LogP contribution >= 0.6 is 0 Å². The molecule has 2 aromatic carbocycles. The van der Waals surface area contributed by atoms with E-state index in [0.717, 1.165) is 22.3 Å². The normalized spacial score (nSPS) is 13.4. The van der Waals surface area contributed by atoms with Gasteiger partial charge < -0.3 is 29.2 Å². The molecule has 0 aliphatic heterocycles. The third-order valence-corrected chi connectivity index (χ3v) is 7.19. The molecule has 8 heteroatoms. The Kier molecular flexibility index (Phi) is 14.7. The van der Waals surface area contributed by atoms with Crippen LogP contribution in [0.4, 0.5) is 0 Å². The highest BCUT2D eigenvalue weighted by molar-refractivity contribution is 5.73. The van der Waals surface area contributed by atoms with E-state index < -0.39 is 0 Å². The summed E-state index contributed by atoms with van der Waals surface area (Å²) >= 11 is 0. The topological polar surface area (TPSA) is 112 Å². The number of benzene rings is 2. The molecule has 0 amide bonds. The number of rotatable bonds is 17. The number of carbonyl (C=O) groups excluding carboxylic acids is 2. The number of carbonyl (C=O) groups is 2. The minimum absolute atomic E-state index is 0.0444. The molecule has 0 spiro atoms. The molecule has 2 aromatic rings. The summed E-state index contributed by atoms with van der Waals surface area (Å²) in [5, 5.41) is 19.6. The molecular formula is C36H54O8. The first kappa shape index (κ1) is 37.1. The van der Waals surface area contributed by atoms with Crippen LogP contribution in [-0.4, -0.2) is 61.8 Å². The minimum Gasteiger partial charge on any atom is -0.508 e. The molecule has 0 radical (unpaired) electrons. The number of phenolic OH excluding ortho intramolecular Hbond substituents is 2. The molecule has 2 unspecified atom stereocenters. The lowest BCUT2D eigenvalue weighted by Crippen LogP contribution is -2.27. The zero-order valence-corrected chi connectivity index (χ0v) is 28.0. The lowest BCUT2D eigenvalue weighted by atomic mass is 9.82. The summed E-state index contributed by atoms with van der Waals surface area (Å²) in [7, 11) is 0. The molecular weight excluding hydrogens is 560 g/mol. The maximum atomic E-state index is 12.9. The van der Waals surface area contributed by atoms with Crippen molar-refractivity contribution in [3.05, 3.63) is 58.7 Å². The van der Waals surface area contributed by atoms with Crippen LogP contribution in [0.25, 0.3) is 0 Å². The average molecular weight is 615 g/mol. The van der Waals surface area contributed by atoms with Crippen LogP contribution in [0.15, 0.2) is 36.4 Å². The van der Waals surface area contributed by atoms with Crippen LogP contribution in [0, 0.1) is 36.5 Å². The van der Waals surface area contributed by atoms with E-state index in [1.54, 1.807) is 12.1 Å². The highest BCUT2D eigenvalue weighted by Gasteiger charge is 2.28. The number of phenols is 2. The summed E-state index contributed by atoms with van der Waals surface area (Å²) in [5.74, 6) is -0.605. The summed E-state index contributed by atoms with van der Waals surface area (Å²) < 4.78 is 22.2. The Bertz CT molecular complexity index is 1100. The summed E-state index contributed by atoms with van der Waals surface area (Å²) in [5.41, 5.74) is 3.45. The number of hydrogen-bond acceptors (Lipinski definition) is 8. The molecule has 0 heterocycles. The van der Waals surface area contributed by atoms with Crippen LogP contribution in [-0.2, 0) is 41.4 Å². The molecule has 0 saturated carbocycles. The lowest BCUT2D eigenvalue weighted by molar-refractivity contribution is -0.152. The van der Waals surface area contributed by atoms with Crippen molar-refractivity contribution in [2.24, 2.45) is 22.7 Å². The van der Waals surface area contributed by atoms with Gasteiger partial charge in [0.25, 0.3) is 0 Å². The zero-order chi connectivity index (χ0) is 32.9. The van der Waals surface area contributed by atoms with Gasteiger partial charge in [0.15, 0.2) is 0 Å². The van der Waals surface area contributed by atoms with Crippen molar-refractivity contribution >= 4 is 11.9 Å². The van der Waals surface area contributed by atoms with Gasteiger partial charge in [-0.3, -0.25) is 9.59 Å². The van der Waals surface area contributed by atoms with Gasteiger partial charge in [-0.05, 0) is 84.7 Å². The quantitative estimate of drug-likeness (QED) is 0.149. The van der Waals surface area contributed by atoms with Gasteiger partial charge >= 0.3 is 11.9 Å². The van der Waals surface area contributed by atoms with E-state index in [1.165, 1.54) is 0 Å². The first-order valence-electron chi connectivity index (χ1n) is 15.6. The monoisotopic (exact) mass is 614 g/mol. The van der Waals surface area contributed by atoms with E-state index >= 15 is 0 Å². The van der Waals surface area contributed by atoms with Crippen molar-refractivity contribution in [2.75, 3.05) is 39.6 Å². The van der Waals surface area contributed by atoms with Gasteiger partial charge in [0.05, 0.1) is 38.3 Å². The van der Waals surface area contributed by atoms with Gasteiger partial charge in [-0.2, -0.15) is 0 Å². The fourth-order valence-corrected chi connectivity index (χ4v) is 5.17. The Labute approximate surface area is 264 Å². The highest BCUT2D eigenvalue weighted by atomic mass is 16.6. The molecule has 0 aliphatic rings. The van der Waals surface area contributed by atoms with E-state index in [0.29, 0.717) is 38.9 Å². The first-order chi connectivity index (χ1) is 20.5. The van der Waals surface area contributed by atoms with Crippen molar-refractivity contribution in [3.63, 3.8) is 0 Å². The van der Waals surface area contributed by atoms with Crippen molar-refractivity contribution in [1.29, 1.82) is 0 Å². The molecule has 0 bridgehead atoms. The Morgan fingerprint density at radius 1 is 0.614 bits per heavy atom. The van der Waals surface area contributed by atoms with Crippen LogP contribution in [0.3, 0.4) is 0 Å². The number of aromatic hydroxyl groups is 2. The van der Waals surface area contributed by atoms with Crippen molar-refractivity contribution in [2.45, 2.75) is 81.1 Å². The Morgan fingerprint density at radius 3 is 1.27 bits per heavy atom. The van der Waals surface area contributed by atoms with Crippen molar-refractivity contribution in [1.82, 2.24) is 0 Å². The smallest absolute Gasteiger partial charge is 0.309 e. The van der Waals surface area contributed by atoms with Gasteiger partial charge in [0, 0.05) is 0 Å². The van der Waals surface area contributed by atoms with Gasteiger partial charge in [0.2, 0.25) is 0 Å². The zero-order valence-electron chi connectivity index (χ0n) is 28.0. The van der Waals surface area contributed by atoms with Gasteiger partial charge in [-0.1, -0.05) is 65.8 Å². The third-order valence-electron chi connectivity index (χ3n) is 7.19. The Hall–Kier alpha value is -3.10. The van der Waals surface area contributed by atoms with Gasteiger partial charge in [-0.15, -0.1) is 0 Å². The maximum Gasteiger partial charge on any atom is 0.309 e. The van der Waals surface area contributed by atoms with E-state index in [2.05, 4.69) is 41.5 Å². The van der Waals surface area contributed by atoms with E-state index in [4.69, 9.17) is 18.9 Å². The molecule has 44 heavy (non-hydrogen) atoms. The molecule has 0 aliphatic carbocycles. The maximum absolute atomic E-state index is 12.9. The molecule has 246 valence electrons. The number of hydrogen-bond donors (Lipinski definition) is 2. The number of ether oxygens (including phenoxy) is 4. The Morgan fingerprint density at radius 2 is 0.955 bits per heavy atom. The van der Waals surface area contributed by atoms with Crippen LogP contribution in [0.5, 0.6) is 11.5 Å². The van der Waals surface area contributed by atoms with Gasteiger partial charge in [0.1, 0.15) is 24.7 Å². The van der Waals surface area contributed by atoms with Crippen LogP contribution < -0.4 is 0 Å². The van der Waals surface area contributed by atoms with Gasteiger partial charge in [-0.25, -0.2) is 0 Å². The molecule has 2 atom stereocenters. The molecule has 0 fully saturated rings. The summed E-state index contributed by atoms with van der Waals surface area (Å²) in [6.45, 7) is 17.8. The van der Waals surface area contributed by atoms with Crippen LogP contribution in [0.2, 0.25) is 0 Å².